The molecule has 0 N–H and O–H groups in total. The molecule has 0 radical (unpaired) electrons. The summed E-state index contributed by atoms with van der Waals surface area (Å²) < 4.78 is 58.1. The summed E-state index contributed by atoms with van der Waals surface area (Å²) in [4.78, 5) is 5.02. The Morgan fingerprint density at radius 1 is 0.290 bits per heavy atom. The van der Waals surface area contributed by atoms with Crippen LogP contribution in [0.1, 0.15) is 59.1 Å². The molecule has 5 aliphatic rings. The highest BCUT2D eigenvalue weighted by Gasteiger charge is 2.57. The molecular weight excluding hydrogens is 789 g/mol. The van der Waals surface area contributed by atoms with Crippen molar-refractivity contribution < 1.29 is 47.4 Å². The zero-order valence-electron chi connectivity index (χ0n) is 37.1. The number of rotatable bonds is 8. The zero-order chi connectivity index (χ0) is 42.4. The van der Waals surface area contributed by atoms with E-state index in [2.05, 4.69) is 82.6 Å². The lowest BCUT2D eigenvalue weighted by Gasteiger charge is -2.57. The average molecular weight is 861 g/mol. The third kappa shape index (κ3) is 12.5. The summed E-state index contributed by atoms with van der Waals surface area (Å²) in [7, 11) is 0. The predicted octanol–water partition coefficient (Wildman–Crippen LogP) is 5.34. The molecule has 2 fully saturated rings. The average Bonchev–Trinajstić information content (AvgIpc) is 3.30. The highest BCUT2D eigenvalue weighted by atomic mass is 16.6. The second-order valence-electron chi connectivity index (χ2n) is 16.5. The number of hydrogen-bond acceptors (Lipinski definition) is 12. The van der Waals surface area contributed by atoms with Crippen LogP contribution in [0.4, 0.5) is 0 Å². The first-order valence-corrected chi connectivity index (χ1v) is 23.4. The molecule has 2 heterocycles. The van der Waals surface area contributed by atoms with E-state index < -0.39 is 0 Å². The van der Waals surface area contributed by atoms with Crippen LogP contribution in [0.15, 0.2) is 72.8 Å². The first-order chi connectivity index (χ1) is 30.8. The number of hydrogen-bond donors (Lipinski definition) is 0. The van der Waals surface area contributed by atoms with E-state index in [0.29, 0.717) is 132 Å². The molecule has 12 nitrogen and oxygen atoms in total. The van der Waals surface area contributed by atoms with E-state index in [0.717, 1.165) is 65.0 Å². The van der Waals surface area contributed by atoms with Crippen molar-refractivity contribution in [3.63, 3.8) is 0 Å². The fraction of sp³-hybridized carbons (Fsp3) is 0.640. The van der Waals surface area contributed by atoms with Crippen LogP contribution >= 0.6 is 0 Å². The maximum atomic E-state index is 6.03. The van der Waals surface area contributed by atoms with Crippen molar-refractivity contribution in [1.29, 1.82) is 0 Å². The highest BCUT2D eigenvalue weighted by molar-refractivity contribution is 5.75. The van der Waals surface area contributed by atoms with Crippen LogP contribution < -0.4 is 0 Å². The molecule has 8 rings (SSSR count). The fourth-order valence-electron chi connectivity index (χ4n) is 9.91. The normalized spacial score (nSPS) is 25.5. The first-order valence-electron chi connectivity index (χ1n) is 23.4. The summed E-state index contributed by atoms with van der Waals surface area (Å²) in [6.45, 7) is 17.0. The van der Waals surface area contributed by atoms with Gasteiger partial charge in [-0.25, -0.2) is 0 Å². The van der Waals surface area contributed by atoms with E-state index in [-0.39, 0.29) is 10.8 Å². The molecule has 342 valence electrons. The molecule has 62 heavy (non-hydrogen) atoms. The molecule has 3 aromatic rings. The van der Waals surface area contributed by atoms with Gasteiger partial charge < -0.3 is 47.4 Å². The van der Waals surface area contributed by atoms with Crippen LogP contribution in [0, 0.1) is 0 Å². The SMILES string of the molecule is c1ccc2c(c1)C1(CCCN3CCOCCOCCOCCOCCOCC3)c3ccccc3C2(CCCN2CCOCCOCCOCCOCCOCC2)c2ccccc21. The Kier molecular flexibility index (Phi) is 19.9. The number of nitrogens with zero attached hydrogens (tertiary/aromatic N) is 2. The second-order valence-corrected chi connectivity index (χ2v) is 16.5. The Morgan fingerprint density at radius 2 is 0.484 bits per heavy atom. The summed E-state index contributed by atoms with van der Waals surface area (Å²) in [5.41, 5.74) is 8.28. The lowest BCUT2D eigenvalue weighted by molar-refractivity contribution is -0.0186. The van der Waals surface area contributed by atoms with E-state index in [1.54, 1.807) is 0 Å². The second kappa shape index (κ2) is 26.2. The summed E-state index contributed by atoms with van der Waals surface area (Å²) in [6, 6.07) is 28.1. The highest BCUT2D eigenvalue weighted by Crippen LogP contribution is 2.64. The van der Waals surface area contributed by atoms with Gasteiger partial charge in [0, 0.05) is 37.0 Å². The largest absolute Gasteiger partial charge is 0.378 e. The molecule has 0 unspecified atom stereocenters. The molecule has 2 aliphatic heterocycles. The molecule has 12 heteroatoms. The van der Waals surface area contributed by atoms with Crippen molar-refractivity contribution in [3.8, 4) is 0 Å². The fourth-order valence-corrected chi connectivity index (χ4v) is 9.91. The summed E-state index contributed by atoms with van der Waals surface area (Å²) in [6.07, 6.45) is 4.07. The molecule has 3 aromatic carbocycles. The van der Waals surface area contributed by atoms with Crippen molar-refractivity contribution in [2.24, 2.45) is 0 Å². The first kappa shape index (κ1) is 47.2. The Balaban J connectivity index is 1.06. The molecule has 3 aliphatic carbocycles. The van der Waals surface area contributed by atoms with Crippen molar-refractivity contribution in [2.45, 2.75) is 36.5 Å². The van der Waals surface area contributed by atoms with Crippen LogP contribution in [0.3, 0.4) is 0 Å². The van der Waals surface area contributed by atoms with Gasteiger partial charge in [0.2, 0.25) is 0 Å². The van der Waals surface area contributed by atoms with Crippen LogP contribution in [0.5, 0.6) is 0 Å². The molecule has 2 bridgehead atoms. The van der Waals surface area contributed by atoms with E-state index in [1.165, 1.54) is 33.4 Å². The Labute approximate surface area is 370 Å². The third-order valence-corrected chi connectivity index (χ3v) is 12.8. The van der Waals surface area contributed by atoms with Crippen LogP contribution in [0.25, 0.3) is 0 Å². The van der Waals surface area contributed by atoms with Gasteiger partial charge in [-0.1, -0.05) is 72.8 Å². The zero-order valence-corrected chi connectivity index (χ0v) is 37.1. The molecule has 0 spiro atoms. The van der Waals surface area contributed by atoms with Gasteiger partial charge in [0.1, 0.15) is 0 Å². The maximum absolute atomic E-state index is 6.03. The van der Waals surface area contributed by atoms with E-state index in [1.807, 2.05) is 0 Å². The van der Waals surface area contributed by atoms with Crippen molar-refractivity contribution in [3.05, 3.63) is 106 Å². The lowest BCUT2D eigenvalue weighted by Crippen LogP contribution is -2.51. The Morgan fingerprint density at radius 3 is 0.694 bits per heavy atom. The summed E-state index contributed by atoms with van der Waals surface area (Å²) in [5, 5.41) is 0. The monoisotopic (exact) mass is 861 g/mol. The van der Waals surface area contributed by atoms with Gasteiger partial charge in [0.05, 0.1) is 132 Å². The minimum absolute atomic E-state index is 0.243. The third-order valence-electron chi connectivity index (χ3n) is 12.8. The Hall–Kier alpha value is -2.82. The standard InChI is InChI=1S/C50H72N2O10/c1-2-10-44-43(9-1)49(15-7-17-51-19-23-53-27-31-57-35-39-61-40-36-58-32-28-54-24-20-51)45-11-3-5-13-47(45)50(44,48-14-6-4-12-46(48)49)16-8-18-52-21-25-55-29-33-59-37-41-62-42-38-60-34-30-56-26-22-52/h1-6,9-14H,7-8,15-42H2. The molecule has 0 atom stereocenters. The van der Waals surface area contributed by atoms with Crippen LogP contribution in [-0.2, 0) is 58.2 Å². The van der Waals surface area contributed by atoms with Crippen molar-refractivity contribution in [1.82, 2.24) is 9.80 Å². The molecule has 2 saturated heterocycles. The lowest BCUT2D eigenvalue weighted by atomic mass is 9.45. The number of ether oxygens (including phenoxy) is 10. The van der Waals surface area contributed by atoms with E-state index in [4.69, 9.17) is 47.4 Å². The minimum Gasteiger partial charge on any atom is -0.378 e. The molecular formula is C50H72N2O10. The maximum Gasteiger partial charge on any atom is 0.0701 e. The minimum atomic E-state index is -0.243. The molecule has 0 saturated carbocycles. The van der Waals surface area contributed by atoms with Crippen molar-refractivity contribution in [2.75, 3.05) is 171 Å². The smallest absolute Gasteiger partial charge is 0.0701 e. The predicted molar refractivity (Wildman–Crippen MR) is 239 cm³/mol. The van der Waals surface area contributed by atoms with Gasteiger partial charge in [-0.3, -0.25) is 9.80 Å². The molecule has 0 amide bonds. The van der Waals surface area contributed by atoms with Crippen LogP contribution in [-0.4, -0.2) is 181 Å². The van der Waals surface area contributed by atoms with Gasteiger partial charge in [0.25, 0.3) is 0 Å². The number of benzene rings is 3. The van der Waals surface area contributed by atoms with Gasteiger partial charge in [0.15, 0.2) is 0 Å². The van der Waals surface area contributed by atoms with Gasteiger partial charge in [-0.05, 0) is 72.2 Å². The summed E-state index contributed by atoms with van der Waals surface area (Å²) >= 11 is 0. The van der Waals surface area contributed by atoms with Gasteiger partial charge in [-0.15, -0.1) is 0 Å². The van der Waals surface area contributed by atoms with E-state index >= 15 is 0 Å². The van der Waals surface area contributed by atoms with Crippen molar-refractivity contribution >= 4 is 0 Å². The van der Waals surface area contributed by atoms with Gasteiger partial charge >= 0.3 is 0 Å². The topological polar surface area (TPSA) is 98.8 Å². The summed E-state index contributed by atoms with van der Waals surface area (Å²) in [5.74, 6) is 0. The molecule has 0 aromatic heterocycles. The Bertz CT molecular complexity index is 1440. The quantitative estimate of drug-likeness (QED) is 0.293. The van der Waals surface area contributed by atoms with E-state index in [9.17, 15) is 0 Å². The van der Waals surface area contributed by atoms with Gasteiger partial charge in [-0.2, -0.15) is 0 Å². The van der Waals surface area contributed by atoms with Crippen LogP contribution in [0.2, 0.25) is 0 Å².